The van der Waals surface area contributed by atoms with Crippen LogP contribution in [0.2, 0.25) is 0 Å². The van der Waals surface area contributed by atoms with Crippen molar-refractivity contribution in [1.82, 2.24) is 4.98 Å². The molecule has 71 heavy (non-hydrogen) atoms. The van der Waals surface area contributed by atoms with E-state index >= 15 is 0 Å². The van der Waals surface area contributed by atoms with E-state index in [9.17, 15) is 90.5 Å². The first-order chi connectivity index (χ1) is 33.3. The summed E-state index contributed by atoms with van der Waals surface area (Å²) in [6, 6.07) is 15.8. The van der Waals surface area contributed by atoms with Crippen molar-refractivity contribution in [2.24, 2.45) is 20.5 Å². The normalized spacial score (nSPS) is 11.8. The molecule has 0 bridgehead atoms. The zero-order chi connectivity index (χ0) is 51.9. The maximum atomic E-state index is 13.4. The van der Waals surface area contributed by atoms with E-state index in [1.165, 1.54) is 24.3 Å². The number of phenols is 2. The highest BCUT2D eigenvalue weighted by Crippen LogP contribution is 2.44. The van der Waals surface area contributed by atoms with E-state index in [-0.39, 0.29) is 44.3 Å². The molecule has 0 spiro atoms. The van der Waals surface area contributed by atoms with E-state index in [1.807, 2.05) is 0 Å². The van der Waals surface area contributed by atoms with Crippen molar-refractivity contribution >= 4 is 112 Å². The Bertz CT molecular complexity index is 3520. The summed E-state index contributed by atoms with van der Waals surface area (Å²) in [4.78, 5) is 74.8. The number of carbonyl (C=O) groups is 6. The number of rotatable bonds is 14. The molecule has 7 rings (SSSR count). The average molecular weight is 1010 g/mol. The third-order valence-electron chi connectivity index (χ3n) is 9.80. The topological polar surface area (TPSA) is 439 Å². The van der Waals surface area contributed by atoms with Crippen LogP contribution in [0.5, 0.6) is 17.2 Å². The van der Waals surface area contributed by atoms with Crippen LogP contribution >= 0.6 is 0 Å². The lowest BCUT2D eigenvalue weighted by Crippen LogP contribution is -2.18. The second-order valence-corrected chi connectivity index (χ2v) is 17.4. The molecule has 28 heteroatoms. The number of hydrogen-bond donors (Lipinski definition) is 11. The van der Waals surface area contributed by atoms with Gasteiger partial charge in [0.15, 0.2) is 11.5 Å². The van der Waals surface area contributed by atoms with Crippen molar-refractivity contribution < 1.29 is 90.5 Å². The maximum Gasteiger partial charge on any atom is 0.335 e. The molecule has 7 aromatic rings. The Kier molecular flexibility index (Phi) is 13.0. The fourth-order valence-electron chi connectivity index (χ4n) is 6.63. The van der Waals surface area contributed by atoms with Gasteiger partial charge in [0, 0.05) is 34.3 Å². The molecular formula is C43H27N7O19S2. The number of aromatic carboxylic acids is 4. The van der Waals surface area contributed by atoms with Gasteiger partial charge in [-0.2, -0.15) is 27.1 Å². The number of aromatic nitrogens is 1. The van der Waals surface area contributed by atoms with E-state index in [4.69, 9.17) is 0 Å². The smallest absolute Gasteiger partial charge is 0.335 e. The zero-order valence-corrected chi connectivity index (χ0v) is 36.5. The molecule has 0 atom stereocenters. The molecule has 0 aliphatic heterocycles. The number of carboxylic acid groups (broad SMARTS) is 4. The summed E-state index contributed by atoms with van der Waals surface area (Å²) >= 11 is 0. The van der Waals surface area contributed by atoms with Gasteiger partial charge in [0.25, 0.3) is 32.1 Å². The number of aromatic hydroxyl groups is 3. The average Bonchev–Trinajstić information content (AvgIpc) is 3.29. The fraction of sp³-hybridized carbons (Fsp3) is 0. The predicted octanol–water partition coefficient (Wildman–Crippen LogP) is 7.13. The van der Waals surface area contributed by atoms with Crippen LogP contribution in [-0.2, 0) is 20.2 Å². The molecule has 2 amide bonds. The minimum Gasteiger partial charge on any atom is -0.508 e. The number of pyridine rings is 1. The summed E-state index contributed by atoms with van der Waals surface area (Å²) in [5, 5.41) is 89.1. The van der Waals surface area contributed by atoms with E-state index in [0.717, 1.165) is 72.8 Å². The summed E-state index contributed by atoms with van der Waals surface area (Å²) < 4.78 is 69.9. The van der Waals surface area contributed by atoms with Gasteiger partial charge in [-0.15, -0.1) is 10.2 Å². The summed E-state index contributed by atoms with van der Waals surface area (Å²) in [6.45, 7) is 0. The number of benzene rings is 6. The number of nitrogens with zero attached hydrogens (tertiary/aromatic N) is 5. The minimum absolute atomic E-state index is 0.0894. The maximum absolute atomic E-state index is 13.4. The van der Waals surface area contributed by atoms with Gasteiger partial charge >= 0.3 is 23.9 Å². The van der Waals surface area contributed by atoms with Crippen molar-refractivity contribution in [3.8, 4) is 17.2 Å². The van der Waals surface area contributed by atoms with Crippen LogP contribution in [0.1, 0.15) is 62.4 Å². The minimum atomic E-state index is -5.20. The zero-order valence-electron chi connectivity index (χ0n) is 34.9. The number of amides is 2. The molecule has 1 aromatic heterocycles. The van der Waals surface area contributed by atoms with Crippen molar-refractivity contribution in [3.63, 3.8) is 0 Å². The number of nitrogens with one attached hydrogen (secondary N) is 2. The summed E-state index contributed by atoms with van der Waals surface area (Å²) in [6.07, 6.45) is 0. The van der Waals surface area contributed by atoms with Gasteiger partial charge in [-0.1, -0.05) is 0 Å². The second kappa shape index (κ2) is 18.7. The van der Waals surface area contributed by atoms with Crippen LogP contribution in [0.4, 0.5) is 34.1 Å². The van der Waals surface area contributed by atoms with Gasteiger partial charge in [-0.25, -0.2) is 24.2 Å². The Labute approximate surface area is 394 Å². The van der Waals surface area contributed by atoms with Crippen molar-refractivity contribution in [3.05, 3.63) is 131 Å². The summed E-state index contributed by atoms with van der Waals surface area (Å²) in [7, 11) is -10.4. The molecule has 0 unspecified atom stereocenters. The quantitative estimate of drug-likeness (QED) is 0.0381. The monoisotopic (exact) mass is 1010 g/mol. The second-order valence-electron chi connectivity index (χ2n) is 14.6. The van der Waals surface area contributed by atoms with Crippen LogP contribution in [0.3, 0.4) is 0 Å². The molecule has 6 aromatic carbocycles. The highest BCUT2D eigenvalue weighted by Gasteiger charge is 2.25. The Morgan fingerprint density at radius 1 is 0.451 bits per heavy atom. The standard InChI is InChI=1S/C43H27N7O19S2/c51-27-15-30(38(54)44-23-1-3-28-17(7-23)13-32(70(64,65)66)34(36(28)52)49-47-25-9-19(40(56)57)5-20(10-25)41(58)59)46-31(16-27)39(55)45-24-2-4-29-18(8-24)14-33(71(67,68)69)35(37(29)53)50-48-26-11-21(42(60)61)6-22(12-26)43(62)63/h1-16,52-53H,(H,44,54)(H,45,55)(H,46,51)(H,56,57)(H,58,59)(H,60,61)(H,62,63)(H,64,65,66)(H,67,68,69). The molecule has 360 valence electrons. The van der Waals surface area contributed by atoms with Gasteiger partial charge in [-0.3, -0.25) is 18.7 Å². The van der Waals surface area contributed by atoms with E-state index < -0.39 is 128 Å². The van der Waals surface area contributed by atoms with Crippen molar-refractivity contribution in [2.75, 3.05) is 10.6 Å². The largest absolute Gasteiger partial charge is 0.508 e. The number of carboxylic acids is 4. The molecule has 0 fully saturated rings. The number of carbonyl (C=O) groups excluding carboxylic acids is 2. The van der Waals surface area contributed by atoms with Crippen LogP contribution in [-0.4, -0.2) is 102 Å². The molecule has 0 radical (unpaired) electrons. The Balaban J connectivity index is 1.14. The number of fused-ring (bicyclic) bond motifs is 2. The molecule has 26 nitrogen and oxygen atoms in total. The van der Waals surface area contributed by atoms with Gasteiger partial charge in [-0.05, 0) is 95.7 Å². The predicted molar refractivity (Wildman–Crippen MR) is 242 cm³/mol. The van der Waals surface area contributed by atoms with Crippen molar-refractivity contribution in [1.29, 1.82) is 0 Å². The van der Waals surface area contributed by atoms with Gasteiger partial charge in [0.05, 0.1) is 33.6 Å². The van der Waals surface area contributed by atoms with Crippen LogP contribution in [0, 0.1) is 0 Å². The molecule has 1 heterocycles. The van der Waals surface area contributed by atoms with Crippen LogP contribution in [0.25, 0.3) is 21.5 Å². The highest BCUT2D eigenvalue weighted by molar-refractivity contribution is 7.86. The first-order valence-corrected chi connectivity index (χ1v) is 22.1. The van der Waals surface area contributed by atoms with E-state index in [0.29, 0.717) is 0 Å². The van der Waals surface area contributed by atoms with Crippen LogP contribution < -0.4 is 10.6 Å². The number of hydrogen-bond acceptors (Lipinski definition) is 18. The lowest BCUT2D eigenvalue weighted by molar-refractivity contribution is 0.0676. The number of azo groups is 2. The first-order valence-electron chi connectivity index (χ1n) is 19.2. The Morgan fingerprint density at radius 3 is 1.10 bits per heavy atom. The summed E-state index contributed by atoms with van der Waals surface area (Å²) in [5.74, 6) is -10.6. The SMILES string of the molecule is O=C(O)c1cc(N=Nc2c(S(=O)(=O)O)cc3cc(NC(=O)c4cc(O)cc(C(=O)Nc5ccc6c(O)c(N=Nc7cc(C(=O)O)cc(C(=O)O)c7)c(S(=O)(=O)O)cc6c5)n4)ccc3c2O)cc(C(=O)O)c1. The third-order valence-corrected chi connectivity index (χ3v) is 11.5. The van der Waals surface area contributed by atoms with E-state index in [1.54, 1.807) is 0 Å². The van der Waals surface area contributed by atoms with Gasteiger partial charge in [0.1, 0.15) is 38.3 Å². The molecule has 11 N–H and O–H groups in total. The lowest BCUT2D eigenvalue weighted by Gasteiger charge is -2.12. The van der Waals surface area contributed by atoms with E-state index in [2.05, 4.69) is 36.1 Å². The molecule has 0 aliphatic carbocycles. The molecular weight excluding hydrogens is 983 g/mol. The third kappa shape index (κ3) is 10.7. The number of phenolic OH excluding ortho intramolecular Hbond substituents is 2. The van der Waals surface area contributed by atoms with Crippen molar-refractivity contribution in [2.45, 2.75) is 9.79 Å². The molecule has 0 aliphatic rings. The Hall–Kier alpha value is -9.77. The van der Waals surface area contributed by atoms with Crippen LogP contribution in [0.15, 0.2) is 127 Å². The van der Waals surface area contributed by atoms with Gasteiger partial charge in [0.2, 0.25) is 0 Å². The molecule has 0 saturated carbocycles. The summed E-state index contributed by atoms with van der Waals surface area (Å²) in [5.41, 5.74) is -5.74. The first kappa shape index (κ1) is 49.1. The Morgan fingerprint density at radius 2 is 0.789 bits per heavy atom. The highest BCUT2D eigenvalue weighted by atomic mass is 32.2. The van der Waals surface area contributed by atoms with Gasteiger partial charge < -0.3 is 46.4 Å². The fourth-order valence-corrected chi connectivity index (χ4v) is 7.95. The lowest BCUT2D eigenvalue weighted by atomic mass is 10.1. The number of anilines is 2. The molecule has 0 saturated heterocycles.